The number of benzene rings is 1. The first-order valence-corrected chi connectivity index (χ1v) is 6.11. The fourth-order valence-corrected chi connectivity index (χ4v) is 1.67. The number of nitrogens with zero attached hydrogens (tertiary/aromatic N) is 2. The maximum absolute atomic E-state index is 13.9. The molecule has 0 aliphatic heterocycles. The third kappa shape index (κ3) is 3.26. The smallest absolute Gasteiger partial charge is 0.259 e. The lowest BCUT2D eigenvalue weighted by Crippen LogP contribution is -1.99. The molecule has 0 radical (unpaired) electrons. The minimum Gasteiger partial charge on any atom is -0.436 e. The lowest BCUT2D eigenvalue weighted by Gasteiger charge is -2.07. The van der Waals surface area contributed by atoms with E-state index in [4.69, 9.17) is 9.84 Å². The van der Waals surface area contributed by atoms with Gasteiger partial charge in [0.05, 0.1) is 5.69 Å². The monoisotopic (exact) mass is 262 g/mol. The highest BCUT2D eigenvalue weighted by Crippen LogP contribution is 2.23. The van der Waals surface area contributed by atoms with Crippen molar-refractivity contribution >= 4 is 0 Å². The van der Waals surface area contributed by atoms with E-state index in [2.05, 4.69) is 9.97 Å². The molecule has 100 valence electrons. The van der Waals surface area contributed by atoms with Gasteiger partial charge in [0.25, 0.3) is 5.88 Å². The molecule has 5 heteroatoms. The van der Waals surface area contributed by atoms with Crippen LogP contribution in [0.2, 0.25) is 0 Å². The molecule has 0 amide bonds. The second-order valence-electron chi connectivity index (χ2n) is 4.01. The van der Waals surface area contributed by atoms with Crippen molar-refractivity contribution in [3.63, 3.8) is 0 Å². The van der Waals surface area contributed by atoms with Crippen LogP contribution in [0.1, 0.15) is 18.2 Å². The highest BCUT2D eigenvalue weighted by molar-refractivity contribution is 5.31. The fourth-order valence-electron chi connectivity index (χ4n) is 1.67. The van der Waals surface area contributed by atoms with Crippen molar-refractivity contribution < 1.29 is 14.2 Å². The SMILES string of the molecule is CCc1ncnc(Oc2ccc(CCO)cc2)c1F. The standard InChI is InChI=1S/C14H15FN2O2/c1-2-12-13(15)14(17-9-16-12)19-11-5-3-10(4-6-11)7-8-18/h3-6,9,18H,2,7-8H2,1H3. The molecule has 19 heavy (non-hydrogen) atoms. The second-order valence-corrected chi connectivity index (χ2v) is 4.01. The number of hydrogen-bond donors (Lipinski definition) is 1. The molecule has 0 atom stereocenters. The molecule has 0 aliphatic carbocycles. The normalized spacial score (nSPS) is 10.5. The third-order valence-corrected chi connectivity index (χ3v) is 2.70. The summed E-state index contributed by atoms with van der Waals surface area (Å²) in [6, 6.07) is 7.09. The van der Waals surface area contributed by atoms with Crippen LogP contribution in [0.15, 0.2) is 30.6 Å². The summed E-state index contributed by atoms with van der Waals surface area (Å²) in [5.41, 5.74) is 1.33. The van der Waals surface area contributed by atoms with Gasteiger partial charge in [-0.05, 0) is 30.5 Å². The fraction of sp³-hybridized carbons (Fsp3) is 0.286. The van der Waals surface area contributed by atoms with Gasteiger partial charge >= 0.3 is 0 Å². The van der Waals surface area contributed by atoms with Crippen molar-refractivity contribution in [2.24, 2.45) is 0 Å². The van der Waals surface area contributed by atoms with Crippen molar-refractivity contribution in [1.82, 2.24) is 9.97 Å². The first-order chi connectivity index (χ1) is 9.24. The highest BCUT2D eigenvalue weighted by Gasteiger charge is 2.11. The molecule has 1 aromatic heterocycles. The Labute approximate surface area is 110 Å². The maximum Gasteiger partial charge on any atom is 0.259 e. The average Bonchev–Trinajstić information content (AvgIpc) is 2.43. The summed E-state index contributed by atoms with van der Waals surface area (Å²) in [7, 11) is 0. The van der Waals surface area contributed by atoms with Crippen LogP contribution in [-0.4, -0.2) is 21.7 Å². The molecule has 0 unspecified atom stereocenters. The number of aliphatic hydroxyl groups excluding tert-OH is 1. The van der Waals surface area contributed by atoms with Gasteiger partial charge in [0.15, 0.2) is 0 Å². The zero-order valence-corrected chi connectivity index (χ0v) is 10.6. The van der Waals surface area contributed by atoms with Crippen molar-refractivity contribution in [1.29, 1.82) is 0 Å². The Hall–Kier alpha value is -2.01. The first kappa shape index (κ1) is 13.4. The largest absolute Gasteiger partial charge is 0.436 e. The predicted molar refractivity (Wildman–Crippen MR) is 68.7 cm³/mol. The van der Waals surface area contributed by atoms with Gasteiger partial charge < -0.3 is 9.84 Å². The lowest BCUT2D eigenvalue weighted by atomic mass is 10.1. The number of aliphatic hydroxyl groups is 1. The van der Waals surface area contributed by atoms with E-state index in [1.807, 2.05) is 19.1 Å². The minimum absolute atomic E-state index is 0.0678. The number of aryl methyl sites for hydroxylation is 1. The van der Waals surface area contributed by atoms with E-state index in [9.17, 15) is 4.39 Å². The van der Waals surface area contributed by atoms with Gasteiger partial charge in [0, 0.05) is 6.61 Å². The van der Waals surface area contributed by atoms with E-state index in [0.29, 0.717) is 24.3 Å². The van der Waals surface area contributed by atoms with Crippen molar-refractivity contribution in [3.8, 4) is 11.6 Å². The molecule has 2 rings (SSSR count). The Morgan fingerprint density at radius 1 is 1.21 bits per heavy atom. The van der Waals surface area contributed by atoms with Gasteiger partial charge in [-0.2, -0.15) is 9.37 Å². The second kappa shape index (κ2) is 6.24. The zero-order valence-electron chi connectivity index (χ0n) is 10.6. The summed E-state index contributed by atoms with van der Waals surface area (Å²) in [5.74, 6) is -0.0902. The lowest BCUT2D eigenvalue weighted by molar-refractivity contribution is 0.299. The zero-order chi connectivity index (χ0) is 13.7. The molecular weight excluding hydrogens is 247 g/mol. The van der Waals surface area contributed by atoms with Gasteiger partial charge in [-0.3, -0.25) is 0 Å². The molecule has 4 nitrogen and oxygen atoms in total. The van der Waals surface area contributed by atoms with Crippen LogP contribution >= 0.6 is 0 Å². The van der Waals surface area contributed by atoms with E-state index >= 15 is 0 Å². The predicted octanol–water partition coefficient (Wildman–Crippen LogP) is 2.51. The number of ether oxygens (including phenoxy) is 1. The van der Waals surface area contributed by atoms with Crippen LogP contribution in [0.4, 0.5) is 4.39 Å². The molecule has 0 saturated carbocycles. The molecule has 0 saturated heterocycles. The van der Waals surface area contributed by atoms with Crippen molar-refractivity contribution in [3.05, 3.63) is 47.7 Å². The molecular formula is C14H15FN2O2. The molecule has 1 heterocycles. The van der Waals surface area contributed by atoms with E-state index in [0.717, 1.165) is 5.56 Å². The quantitative estimate of drug-likeness (QED) is 0.899. The molecule has 1 aromatic carbocycles. The molecule has 1 N–H and O–H groups in total. The summed E-state index contributed by atoms with van der Waals surface area (Å²) in [4.78, 5) is 7.64. The third-order valence-electron chi connectivity index (χ3n) is 2.70. The highest BCUT2D eigenvalue weighted by atomic mass is 19.1. The topological polar surface area (TPSA) is 55.2 Å². The number of hydrogen-bond acceptors (Lipinski definition) is 4. The maximum atomic E-state index is 13.9. The Balaban J connectivity index is 2.16. The van der Waals surface area contributed by atoms with Crippen LogP contribution in [0.25, 0.3) is 0 Å². The van der Waals surface area contributed by atoms with E-state index in [1.165, 1.54) is 6.33 Å². The summed E-state index contributed by atoms with van der Waals surface area (Å²) in [6.07, 6.45) is 2.36. The van der Waals surface area contributed by atoms with Gasteiger partial charge in [-0.15, -0.1) is 0 Å². The van der Waals surface area contributed by atoms with E-state index in [-0.39, 0.29) is 12.5 Å². The molecule has 0 spiro atoms. The van der Waals surface area contributed by atoms with Crippen LogP contribution in [0.3, 0.4) is 0 Å². The van der Waals surface area contributed by atoms with Crippen molar-refractivity contribution in [2.75, 3.05) is 6.61 Å². The first-order valence-electron chi connectivity index (χ1n) is 6.11. The van der Waals surface area contributed by atoms with Gasteiger partial charge in [0.1, 0.15) is 12.1 Å². The Bertz CT molecular complexity index is 544. The Morgan fingerprint density at radius 2 is 1.95 bits per heavy atom. The van der Waals surface area contributed by atoms with Crippen LogP contribution < -0.4 is 4.74 Å². The average molecular weight is 262 g/mol. The summed E-state index contributed by atoms with van der Waals surface area (Å²) >= 11 is 0. The number of aromatic nitrogens is 2. The summed E-state index contributed by atoms with van der Waals surface area (Å²) in [6.45, 7) is 1.92. The Morgan fingerprint density at radius 3 is 2.58 bits per heavy atom. The minimum atomic E-state index is -0.524. The van der Waals surface area contributed by atoms with Gasteiger partial charge in [-0.25, -0.2) is 4.98 Å². The van der Waals surface area contributed by atoms with Crippen molar-refractivity contribution in [2.45, 2.75) is 19.8 Å². The number of halogens is 1. The van der Waals surface area contributed by atoms with E-state index in [1.54, 1.807) is 12.1 Å². The Kier molecular flexibility index (Phi) is 4.41. The van der Waals surface area contributed by atoms with E-state index < -0.39 is 5.82 Å². The summed E-state index contributed by atoms with van der Waals surface area (Å²) in [5, 5.41) is 8.82. The molecule has 2 aromatic rings. The van der Waals surface area contributed by atoms with Crippen LogP contribution in [-0.2, 0) is 12.8 Å². The van der Waals surface area contributed by atoms with Gasteiger partial charge in [-0.1, -0.05) is 19.1 Å². The molecule has 0 bridgehead atoms. The number of rotatable bonds is 5. The van der Waals surface area contributed by atoms with Gasteiger partial charge in [0.2, 0.25) is 5.82 Å². The summed E-state index contributed by atoms with van der Waals surface area (Å²) < 4.78 is 19.3. The van der Waals surface area contributed by atoms with Crippen LogP contribution in [0.5, 0.6) is 11.6 Å². The molecule has 0 aliphatic rings. The van der Waals surface area contributed by atoms with Crippen LogP contribution in [0, 0.1) is 5.82 Å². The molecule has 0 fully saturated rings.